The predicted molar refractivity (Wildman–Crippen MR) is 215 cm³/mol. The molecule has 0 fully saturated rings. The van der Waals surface area contributed by atoms with Crippen molar-refractivity contribution >= 4 is 19.8 Å². The Morgan fingerprint density at radius 3 is 1.63 bits per heavy atom. The molecule has 9 nitrogen and oxygen atoms in total. The molecule has 0 saturated heterocycles. The lowest BCUT2D eigenvalue weighted by Gasteiger charge is -2.24. The third-order valence-electron chi connectivity index (χ3n) is 8.68. The van der Waals surface area contributed by atoms with Crippen molar-refractivity contribution in [3.05, 3.63) is 36.5 Å². The Bertz CT molecular complexity index is 991. The Labute approximate surface area is 319 Å². The maximum atomic E-state index is 12.7. The van der Waals surface area contributed by atoms with Crippen molar-refractivity contribution in [2.75, 3.05) is 47.5 Å². The van der Waals surface area contributed by atoms with Gasteiger partial charge in [0.05, 0.1) is 27.7 Å². The fraction of sp³-hybridized carbons (Fsp3) is 0.810. The number of carbonyl (C=O) groups is 2. The number of carbonyl (C=O) groups excluding carboxylic acids is 2. The number of nitrogens with zero attached hydrogens (tertiary/aromatic N) is 1. The smallest absolute Gasteiger partial charge is 0.462 e. The minimum absolute atomic E-state index is 0.0299. The van der Waals surface area contributed by atoms with E-state index in [1.54, 1.807) is 0 Å². The Balaban J connectivity index is 4.39. The Kier molecular flexibility index (Phi) is 33.8. The fourth-order valence-corrected chi connectivity index (χ4v) is 6.18. The molecule has 0 aliphatic carbocycles. The lowest BCUT2D eigenvalue weighted by molar-refractivity contribution is -0.870. The van der Waals surface area contributed by atoms with Crippen molar-refractivity contribution in [2.45, 2.75) is 174 Å². The van der Waals surface area contributed by atoms with Gasteiger partial charge < -0.3 is 18.9 Å². The summed E-state index contributed by atoms with van der Waals surface area (Å²) in [5.41, 5.74) is 0. The van der Waals surface area contributed by atoms with Crippen LogP contribution in [0.1, 0.15) is 168 Å². The Morgan fingerprint density at radius 1 is 0.615 bits per heavy atom. The number of unbranched alkanes of at least 4 members (excludes halogenated alkanes) is 17. The molecule has 1 N–H and O–H groups in total. The molecule has 52 heavy (non-hydrogen) atoms. The van der Waals surface area contributed by atoms with Crippen LogP contribution >= 0.6 is 7.82 Å². The second-order valence-corrected chi connectivity index (χ2v) is 16.5. The van der Waals surface area contributed by atoms with E-state index in [9.17, 15) is 19.0 Å². The van der Waals surface area contributed by atoms with E-state index in [0.29, 0.717) is 17.4 Å². The van der Waals surface area contributed by atoms with Crippen molar-refractivity contribution in [1.29, 1.82) is 0 Å². The molecule has 304 valence electrons. The quantitative estimate of drug-likeness (QED) is 0.0219. The van der Waals surface area contributed by atoms with Gasteiger partial charge in [-0.3, -0.25) is 18.6 Å². The molecule has 0 aromatic rings. The van der Waals surface area contributed by atoms with Crippen LogP contribution in [0, 0.1) is 0 Å². The highest BCUT2D eigenvalue weighted by molar-refractivity contribution is 7.47. The van der Waals surface area contributed by atoms with Crippen molar-refractivity contribution in [2.24, 2.45) is 0 Å². The topological polar surface area (TPSA) is 108 Å². The average Bonchev–Trinajstić information content (AvgIpc) is 3.09. The lowest BCUT2D eigenvalue weighted by Crippen LogP contribution is -2.37. The zero-order valence-electron chi connectivity index (χ0n) is 34.0. The number of hydrogen-bond acceptors (Lipinski definition) is 7. The molecule has 0 aromatic heterocycles. The highest BCUT2D eigenvalue weighted by Crippen LogP contribution is 2.43. The standard InChI is InChI=1S/C42H78NO8P/c1-6-8-10-12-14-16-18-19-20-21-22-23-25-27-29-31-33-35-42(45)51-40(39-50-52(46,47)49-37-36-43(3,4)5)38-48-41(44)34-32-30-28-26-24-17-15-13-11-9-7-2/h8,10,14,16,19-20,40H,6-7,9,11-13,15,17-18,21-39H2,1-5H3/p+1/b10-8-,16-14-,20-19-. The summed E-state index contributed by atoms with van der Waals surface area (Å²) in [5, 5.41) is 0. The number of likely N-dealkylation sites (N-methyl/N-ethyl adjacent to an activating group) is 1. The summed E-state index contributed by atoms with van der Waals surface area (Å²) in [4.78, 5) is 35.2. The third-order valence-corrected chi connectivity index (χ3v) is 9.67. The maximum absolute atomic E-state index is 12.7. The summed E-state index contributed by atoms with van der Waals surface area (Å²) in [6.07, 6.45) is 37.6. The van der Waals surface area contributed by atoms with E-state index in [-0.39, 0.29) is 32.0 Å². The van der Waals surface area contributed by atoms with E-state index >= 15 is 0 Å². The molecule has 0 aliphatic rings. The molecule has 0 rings (SSSR count). The first kappa shape index (κ1) is 50.2. The summed E-state index contributed by atoms with van der Waals surface area (Å²) in [7, 11) is 1.47. The van der Waals surface area contributed by atoms with Crippen LogP contribution in [0.5, 0.6) is 0 Å². The molecule has 0 saturated carbocycles. The van der Waals surface area contributed by atoms with Gasteiger partial charge in [-0.1, -0.05) is 147 Å². The van der Waals surface area contributed by atoms with E-state index in [0.717, 1.165) is 64.2 Å². The largest absolute Gasteiger partial charge is 0.472 e. The van der Waals surface area contributed by atoms with Crippen molar-refractivity contribution in [3.8, 4) is 0 Å². The van der Waals surface area contributed by atoms with E-state index in [1.165, 1.54) is 70.6 Å². The second kappa shape index (κ2) is 35.0. The van der Waals surface area contributed by atoms with Gasteiger partial charge in [0.15, 0.2) is 6.10 Å². The zero-order valence-corrected chi connectivity index (χ0v) is 34.9. The number of allylic oxidation sites excluding steroid dienone is 6. The number of quaternary nitrogens is 1. The molecule has 0 spiro atoms. The van der Waals surface area contributed by atoms with Crippen LogP contribution in [-0.4, -0.2) is 74.9 Å². The van der Waals surface area contributed by atoms with Crippen LogP contribution < -0.4 is 0 Å². The average molecular weight is 757 g/mol. The van der Waals surface area contributed by atoms with E-state index < -0.39 is 26.5 Å². The first-order chi connectivity index (χ1) is 25.0. The zero-order chi connectivity index (χ0) is 38.6. The van der Waals surface area contributed by atoms with E-state index in [1.807, 2.05) is 21.1 Å². The SMILES string of the molecule is CC/C=C\C/C=C\C/C=C\CCCCCCCCCC(=O)OC(COC(=O)CCCCCCCCCCCCC)COP(=O)(O)OCC[N+](C)(C)C. The van der Waals surface area contributed by atoms with Crippen molar-refractivity contribution in [1.82, 2.24) is 0 Å². The first-order valence-electron chi connectivity index (χ1n) is 20.7. The van der Waals surface area contributed by atoms with E-state index in [2.05, 4.69) is 50.3 Å². The minimum Gasteiger partial charge on any atom is -0.462 e. The maximum Gasteiger partial charge on any atom is 0.472 e. The van der Waals surface area contributed by atoms with Gasteiger partial charge in [0.25, 0.3) is 0 Å². The number of ether oxygens (including phenoxy) is 2. The highest BCUT2D eigenvalue weighted by Gasteiger charge is 2.27. The van der Waals surface area contributed by atoms with Crippen molar-refractivity contribution < 1.29 is 42.1 Å². The highest BCUT2D eigenvalue weighted by atomic mass is 31.2. The van der Waals surface area contributed by atoms with Crippen LogP contribution in [0.3, 0.4) is 0 Å². The number of hydrogen-bond donors (Lipinski definition) is 1. The normalized spacial score (nSPS) is 14.0. The van der Waals surface area contributed by atoms with Gasteiger partial charge in [-0.25, -0.2) is 4.57 Å². The molecule has 2 unspecified atom stereocenters. The lowest BCUT2D eigenvalue weighted by atomic mass is 10.1. The first-order valence-corrected chi connectivity index (χ1v) is 22.2. The van der Waals surface area contributed by atoms with Crippen molar-refractivity contribution in [3.63, 3.8) is 0 Å². The van der Waals surface area contributed by atoms with Crippen LogP contribution in [0.25, 0.3) is 0 Å². The number of rotatable bonds is 37. The van der Waals surface area contributed by atoms with Gasteiger partial charge in [0.1, 0.15) is 19.8 Å². The molecular formula is C42H79NO8P+. The number of phosphoric acid groups is 1. The summed E-state index contributed by atoms with van der Waals surface area (Å²) in [5.74, 6) is -0.810. The molecule has 0 radical (unpaired) electrons. The van der Waals surface area contributed by atoms with Crippen LogP contribution in [0.2, 0.25) is 0 Å². The van der Waals surface area contributed by atoms with Gasteiger partial charge in [-0.2, -0.15) is 0 Å². The Morgan fingerprint density at radius 2 is 1.10 bits per heavy atom. The van der Waals surface area contributed by atoms with Gasteiger partial charge in [-0.15, -0.1) is 0 Å². The van der Waals surface area contributed by atoms with Gasteiger partial charge in [-0.05, 0) is 44.9 Å². The van der Waals surface area contributed by atoms with Gasteiger partial charge in [0, 0.05) is 12.8 Å². The molecule has 2 atom stereocenters. The molecule has 0 amide bonds. The molecule has 0 bridgehead atoms. The number of phosphoric ester groups is 1. The summed E-state index contributed by atoms with van der Waals surface area (Å²) >= 11 is 0. The second-order valence-electron chi connectivity index (χ2n) is 15.0. The summed E-state index contributed by atoms with van der Waals surface area (Å²) in [6, 6.07) is 0. The molecule has 0 heterocycles. The summed E-state index contributed by atoms with van der Waals surface area (Å²) < 4.78 is 34.2. The summed E-state index contributed by atoms with van der Waals surface area (Å²) in [6.45, 7) is 4.29. The molecule has 0 aliphatic heterocycles. The van der Waals surface area contributed by atoms with Crippen LogP contribution in [0.15, 0.2) is 36.5 Å². The van der Waals surface area contributed by atoms with Gasteiger partial charge >= 0.3 is 19.8 Å². The van der Waals surface area contributed by atoms with Crippen LogP contribution in [0.4, 0.5) is 0 Å². The third kappa shape index (κ3) is 38.0. The number of esters is 2. The molecular weight excluding hydrogens is 677 g/mol. The monoisotopic (exact) mass is 757 g/mol. The molecule has 10 heteroatoms. The predicted octanol–water partition coefficient (Wildman–Crippen LogP) is 11.4. The van der Waals surface area contributed by atoms with E-state index in [4.69, 9.17) is 18.5 Å². The molecule has 0 aromatic carbocycles. The minimum atomic E-state index is -4.37. The van der Waals surface area contributed by atoms with Gasteiger partial charge in [0.2, 0.25) is 0 Å². The fourth-order valence-electron chi connectivity index (χ4n) is 5.44. The Hall–Kier alpha value is -1.77. The van der Waals surface area contributed by atoms with Crippen LogP contribution in [-0.2, 0) is 32.7 Å².